The molecule has 2 aromatic rings. The van der Waals surface area contributed by atoms with Gasteiger partial charge in [-0.2, -0.15) is 13.2 Å². The molecule has 1 aliphatic carbocycles. The molecule has 1 aromatic carbocycles. The van der Waals surface area contributed by atoms with Crippen LogP contribution < -0.4 is 0 Å². The number of nitrogens with zero attached hydrogens (tertiary/aromatic N) is 3. The van der Waals surface area contributed by atoms with E-state index >= 15 is 0 Å². The Kier molecular flexibility index (Phi) is 7.05. The fourth-order valence-electron chi connectivity index (χ4n) is 3.21. The molecule has 0 aliphatic heterocycles. The SMILES string of the molecule is FC(F)(F)COCCCSc1nnc(-c2ccccc2Cl)n1C1CCCC1. The van der Waals surface area contributed by atoms with Crippen LogP contribution in [0.15, 0.2) is 29.4 Å². The lowest BCUT2D eigenvalue weighted by Gasteiger charge is -2.17. The van der Waals surface area contributed by atoms with E-state index in [9.17, 15) is 13.2 Å². The van der Waals surface area contributed by atoms with E-state index in [-0.39, 0.29) is 6.61 Å². The molecule has 0 spiro atoms. The zero-order valence-corrected chi connectivity index (χ0v) is 16.3. The van der Waals surface area contributed by atoms with Crippen LogP contribution in [0, 0.1) is 0 Å². The lowest BCUT2D eigenvalue weighted by molar-refractivity contribution is -0.173. The summed E-state index contributed by atoms with van der Waals surface area (Å²) in [6.07, 6.45) is 0.704. The molecule has 1 saturated carbocycles. The van der Waals surface area contributed by atoms with Gasteiger partial charge in [0.25, 0.3) is 0 Å². The molecule has 0 saturated heterocycles. The Morgan fingerprint density at radius 1 is 1.19 bits per heavy atom. The van der Waals surface area contributed by atoms with Crippen molar-refractivity contribution in [3.05, 3.63) is 29.3 Å². The standard InChI is InChI=1S/C18H21ClF3N3OS/c19-15-9-4-3-8-14(15)16-23-24-17(25(16)13-6-1-2-7-13)27-11-5-10-26-12-18(20,21)22/h3-4,8-9,13H,1-2,5-7,10-12H2. The van der Waals surface area contributed by atoms with Gasteiger partial charge in [-0.1, -0.05) is 48.3 Å². The Balaban J connectivity index is 1.67. The highest BCUT2D eigenvalue weighted by molar-refractivity contribution is 7.99. The van der Waals surface area contributed by atoms with E-state index in [0.717, 1.165) is 29.4 Å². The maximum Gasteiger partial charge on any atom is 0.411 e. The maximum atomic E-state index is 12.1. The van der Waals surface area contributed by atoms with E-state index < -0.39 is 12.8 Å². The number of thioether (sulfide) groups is 1. The van der Waals surface area contributed by atoms with Crippen LogP contribution in [0.5, 0.6) is 0 Å². The number of halogens is 4. The Labute approximate surface area is 165 Å². The van der Waals surface area contributed by atoms with Crippen LogP contribution in [-0.4, -0.2) is 39.9 Å². The molecule has 1 fully saturated rings. The van der Waals surface area contributed by atoms with E-state index in [1.807, 2.05) is 24.3 Å². The summed E-state index contributed by atoms with van der Waals surface area (Å²) in [6.45, 7) is -1.13. The summed E-state index contributed by atoms with van der Waals surface area (Å²) in [5.41, 5.74) is 0.846. The van der Waals surface area contributed by atoms with Gasteiger partial charge in [-0.3, -0.25) is 4.57 Å². The van der Waals surface area contributed by atoms with Crippen molar-refractivity contribution in [3.8, 4) is 11.4 Å². The van der Waals surface area contributed by atoms with Crippen LogP contribution in [0.1, 0.15) is 38.1 Å². The van der Waals surface area contributed by atoms with Gasteiger partial charge in [-0.25, -0.2) is 0 Å². The maximum absolute atomic E-state index is 12.1. The molecule has 3 rings (SSSR count). The van der Waals surface area contributed by atoms with Crippen molar-refractivity contribution in [2.75, 3.05) is 19.0 Å². The molecule has 4 nitrogen and oxygen atoms in total. The number of ether oxygens (including phenoxy) is 1. The minimum absolute atomic E-state index is 0.0709. The van der Waals surface area contributed by atoms with Crippen molar-refractivity contribution in [1.82, 2.24) is 14.8 Å². The Morgan fingerprint density at radius 3 is 2.63 bits per heavy atom. The topological polar surface area (TPSA) is 39.9 Å². The van der Waals surface area contributed by atoms with Gasteiger partial charge in [0.1, 0.15) is 6.61 Å². The summed E-state index contributed by atoms with van der Waals surface area (Å²) >= 11 is 7.85. The summed E-state index contributed by atoms with van der Waals surface area (Å²) in [5.74, 6) is 1.37. The van der Waals surface area contributed by atoms with Crippen LogP contribution in [-0.2, 0) is 4.74 Å². The molecule has 0 N–H and O–H groups in total. The Morgan fingerprint density at radius 2 is 1.93 bits per heavy atom. The molecule has 9 heteroatoms. The fourth-order valence-corrected chi connectivity index (χ4v) is 4.34. The summed E-state index contributed by atoms with van der Waals surface area (Å²) < 4.78 is 43.1. The monoisotopic (exact) mass is 419 g/mol. The average molecular weight is 420 g/mol. The second-order valence-electron chi connectivity index (χ2n) is 6.46. The summed E-state index contributed by atoms with van der Waals surface area (Å²) in [4.78, 5) is 0. The van der Waals surface area contributed by atoms with Crippen LogP contribution in [0.3, 0.4) is 0 Å². The molecule has 1 heterocycles. The molecule has 0 amide bonds. The Bertz CT molecular complexity index is 748. The number of benzene rings is 1. The van der Waals surface area contributed by atoms with Gasteiger partial charge in [-0.05, 0) is 31.4 Å². The predicted molar refractivity (Wildman–Crippen MR) is 100 cm³/mol. The first-order valence-electron chi connectivity index (χ1n) is 8.93. The average Bonchev–Trinajstić information content (AvgIpc) is 3.26. The first-order valence-corrected chi connectivity index (χ1v) is 10.3. The first-order chi connectivity index (χ1) is 13.0. The van der Waals surface area contributed by atoms with E-state index in [4.69, 9.17) is 11.6 Å². The predicted octanol–water partition coefficient (Wildman–Crippen LogP) is 5.77. The summed E-state index contributed by atoms with van der Waals surface area (Å²) in [6, 6.07) is 7.88. The van der Waals surface area contributed by atoms with Crippen LogP contribution in [0.2, 0.25) is 5.02 Å². The minimum atomic E-state index is -4.28. The lowest BCUT2D eigenvalue weighted by atomic mass is 10.2. The second kappa shape index (κ2) is 9.30. The van der Waals surface area contributed by atoms with Gasteiger partial charge in [0.15, 0.2) is 11.0 Å². The highest BCUT2D eigenvalue weighted by Crippen LogP contribution is 2.38. The third-order valence-corrected chi connectivity index (χ3v) is 5.76. The fraction of sp³-hybridized carbons (Fsp3) is 0.556. The minimum Gasteiger partial charge on any atom is -0.372 e. The molecule has 0 atom stereocenters. The number of aromatic nitrogens is 3. The van der Waals surface area contributed by atoms with E-state index in [1.165, 1.54) is 24.6 Å². The van der Waals surface area contributed by atoms with Crippen LogP contribution in [0.4, 0.5) is 13.2 Å². The van der Waals surface area contributed by atoms with Gasteiger partial charge in [0.05, 0.1) is 5.02 Å². The molecule has 0 unspecified atom stereocenters. The quantitative estimate of drug-likeness (QED) is 0.402. The van der Waals surface area contributed by atoms with Gasteiger partial charge >= 0.3 is 6.18 Å². The highest BCUT2D eigenvalue weighted by Gasteiger charge is 2.27. The second-order valence-corrected chi connectivity index (χ2v) is 7.93. The van der Waals surface area contributed by atoms with Gasteiger partial charge in [-0.15, -0.1) is 10.2 Å². The smallest absolute Gasteiger partial charge is 0.372 e. The zero-order chi connectivity index (χ0) is 19.3. The molecule has 1 aromatic heterocycles. The zero-order valence-electron chi connectivity index (χ0n) is 14.7. The summed E-state index contributed by atoms with van der Waals surface area (Å²) in [5, 5.41) is 10.1. The largest absolute Gasteiger partial charge is 0.411 e. The number of rotatable bonds is 8. The lowest BCUT2D eigenvalue weighted by Crippen LogP contribution is -2.17. The van der Waals surface area contributed by atoms with E-state index in [1.54, 1.807) is 0 Å². The first kappa shape index (κ1) is 20.5. The van der Waals surface area contributed by atoms with Crippen molar-refractivity contribution in [1.29, 1.82) is 0 Å². The van der Waals surface area contributed by atoms with Crippen molar-refractivity contribution < 1.29 is 17.9 Å². The van der Waals surface area contributed by atoms with Crippen molar-refractivity contribution in [2.45, 2.75) is 49.5 Å². The molecule has 27 heavy (non-hydrogen) atoms. The van der Waals surface area contributed by atoms with Crippen molar-refractivity contribution >= 4 is 23.4 Å². The molecule has 1 aliphatic rings. The van der Waals surface area contributed by atoms with Crippen LogP contribution >= 0.6 is 23.4 Å². The molecular formula is C18H21ClF3N3OS. The molecular weight excluding hydrogens is 399 g/mol. The van der Waals surface area contributed by atoms with Crippen LogP contribution in [0.25, 0.3) is 11.4 Å². The third kappa shape index (κ3) is 5.62. The molecule has 0 bridgehead atoms. The van der Waals surface area contributed by atoms with E-state index in [0.29, 0.717) is 23.2 Å². The van der Waals surface area contributed by atoms with Crippen molar-refractivity contribution in [2.24, 2.45) is 0 Å². The normalized spacial score (nSPS) is 15.6. The van der Waals surface area contributed by atoms with Gasteiger partial charge in [0.2, 0.25) is 0 Å². The Hall–Kier alpha value is -1.25. The molecule has 148 valence electrons. The van der Waals surface area contributed by atoms with E-state index in [2.05, 4.69) is 19.5 Å². The summed E-state index contributed by atoms with van der Waals surface area (Å²) in [7, 11) is 0. The number of alkyl halides is 3. The third-order valence-electron chi connectivity index (χ3n) is 4.40. The van der Waals surface area contributed by atoms with Crippen molar-refractivity contribution in [3.63, 3.8) is 0 Å². The molecule has 0 radical (unpaired) electrons. The van der Waals surface area contributed by atoms with Gasteiger partial charge < -0.3 is 4.74 Å². The number of hydrogen-bond donors (Lipinski definition) is 0. The van der Waals surface area contributed by atoms with Gasteiger partial charge in [0, 0.05) is 24.0 Å². The highest BCUT2D eigenvalue weighted by atomic mass is 35.5. The number of hydrogen-bond acceptors (Lipinski definition) is 4.